The predicted octanol–water partition coefficient (Wildman–Crippen LogP) is 8.55. The van der Waals surface area contributed by atoms with Gasteiger partial charge in [0.05, 0.1) is 0 Å². The molecule has 0 saturated heterocycles. The van der Waals surface area contributed by atoms with Crippen LogP contribution in [-0.2, 0) is 0 Å². The fraction of sp³-hybridized carbons (Fsp3) is 0.520. The van der Waals surface area contributed by atoms with Gasteiger partial charge in [-0.1, -0.05) is 120 Å². The zero-order valence-electron chi connectivity index (χ0n) is 16.2. The van der Waals surface area contributed by atoms with E-state index in [0.29, 0.717) is 0 Å². The van der Waals surface area contributed by atoms with E-state index in [-0.39, 0.29) is 0 Å². The molecular weight excluding hydrogens is 300 g/mol. The molecule has 0 atom stereocenters. The number of hydrogen-bond donors (Lipinski definition) is 0. The lowest BCUT2D eigenvalue weighted by molar-refractivity contribution is 0.550. The van der Waals surface area contributed by atoms with Gasteiger partial charge in [0.1, 0.15) is 0 Å². The van der Waals surface area contributed by atoms with E-state index in [1.807, 2.05) is 0 Å². The molecule has 0 aromatic heterocycles. The fourth-order valence-electron chi connectivity index (χ4n) is 3.46. The summed E-state index contributed by atoms with van der Waals surface area (Å²) in [5, 5.41) is 2.66. The van der Waals surface area contributed by atoms with Crippen LogP contribution >= 0.6 is 0 Å². The van der Waals surface area contributed by atoms with Crippen LogP contribution in [0.1, 0.15) is 89.5 Å². The van der Waals surface area contributed by atoms with Crippen molar-refractivity contribution < 1.29 is 0 Å². The topological polar surface area (TPSA) is 0 Å². The molecule has 0 radical (unpaired) electrons. The Morgan fingerprint density at radius 3 is 1.92 bits per heavy atom. The molecule has 0 aliphatic heterocycles. The Hall–Kier alpha value is -1.56. The summed E-state index contributed by atoms with van der Waals surface area (Å²) in [6, 6.07) is 15.3. The molecule has 136 valence electrons. The summed E-state index contributed by atoms with van der Waals surface area (Å²) < 4.78 is 0. The molecule has 0 bridgehead atoms. The number of rotatable bonds is 13. The van der Waals surface area contributed by atoms with E-state index in [1.165, 1.54) is 93.4 Å². The second-order valence-electron chi connectivity index (χ2n) is 7.33. The van der Waals surface area contributed by atoms with Crippen LogP contribution in [-0.4, -0.2) is 0 Å². The highest BCUT2D eigenvalue weighted by molar-refractivity contribution is 5.84. The van der Waals surface area contributed by atoms with Crippen LogP contribution in [0.4, 0.5) is 0 Å². The molecular formula is C25H36. The molecule has 0 unspecified atom stereocenters. The first-order chi connectivity index (χ1) is 12.4. The van der Waals surface area contributed by atoms with Crippen LogP contribution in [0, 0.1) is 0 Å². The number of hydrogen-bond acceptors (Lipinski definition) is 0. The average molecular weight is 337 g/mol. The van der Waals surface area contributed by atoms with Crippen LogP contribution in [0.3, 0.4) is 0 Å². The second-order valence-corrected chi connectivity index (χ2v) is 7.33. The predicted molar refractivity (Wildman–Crippen MR) is 114 cm³/mol. The van der Waals surface area contributed by atoms with Gasteiger partial charge in [0.25, 0.3) is 0 Å². The summed E-state index contributed by atoms with van der Waals surface area (Å²) in [6.07, 6.45) is 21.4. The summed E-state index contributed by atoms with van der Waals surface area (Å²) >= 11 is 0. The molecule has 0 amide bonds. The van der Waals surface area contributed by atoms with Gasteiger partial charge in [0.15, 0.2) is 0 Å². The maximum Gasteiger partial charge on any atom is -0.0178 e. The Morgan fingerprint density at radius 2 is 1.24 bits per heavy atom. The van der Waals surface area contributed by atoms with Crippen molar-refractivity contribution in [1.29, 1.82) is 0 Å². The van der Waals surface area contributed by atoms with E-state index in [9.17, 15) is 0 Å². The molecule has 0 nitrogen and oxygen atoms in total. The van der Waals surface area contributed by atoms with E-state index in [4.69, 9.17) is 0 Å². The van der Waals surface area contributed by atoms with Gasteiger partial charge in [-0.05, 0) is 35.2 Å². The monoisotopic (exact) mass is 336 g/mol. The van der Waals surface area contributed by atoms with Crippen molar-refractivity contribution in [3.05, 3.63) is 54.1 Å². The Morgan fingerprint density at radius 1 is 0.640 bits per heavy atom. The minimum absolute atomic E-state index is 1.21. The SMILES string of the molecule is CCCCCCCCCCCCC/C=C/c1ccc2ccccc2c1. The molecule has 0 fully saturated rings. The van der Waals surface area contributed by atoms with Crippen molar-refractivity contribution in [1.82, 2.24) is 0 Å². The van der Waals surface area contributed by atoms with E-state index in [2.05, 4.69) is 61.5 Å². The van der Waals surface area contributed by atoms with Crippen molar-refractivity contribution in [3.63, 3.8) is 0 Å². The van der Waals surface area contributed by atoms with Gasteiger partial charge in [-0.3, -0.25) is 0 Å². The molecule has 0 aliphatic carbocycles. The molecule has 0 heteroatoms. The molecule has 0 heterocycles. The van der Waals surface area contributed by atoms with Crippen molar-refractivity contribution in [2.24, 2.45) is 0 Å². The summed E-state index contributed by atoms with van der Waals surface area (Å²) in [7, 11) is 0. The average Bonchev–Trinajstić information content (AvgIpc) is 2.65. The number of unbranched alkanes of at least 4 members (excludes halogenated alkanes) is 11. The molecule has 0 saturated carbocycles. The Kier molecular flexibility index (Phi) is 10.1. The first-order valence-electron chi connectivity index (χ1n) is 10.6. The normalized spacial score (nSPS) is 11.6. The van der Waals surface area contributed by atoms with Gasteiger partial charge in [-0.25, -0.2) is 0 Å². The van der Waals surface area contributed by atoms with Crippen LogP contribution in [0.5, 0.6) is 0 Å². The minimum Gasteiger partial charge on any atom is -0.0839 e. The van der Waals surface area contributed by atoms with Crippen LogP contribution in [0.15, 0.2) is 48.5 Å². The standard InChI is InChI=1S/C25H36/c1-2-3-4-5-6-7-8-9-10-11-12-13-14-17-23-20-21-24-18-15-16-19-25(24)22-23/h14-22H,2-13H2,1H3/b17-14+. The van der Waals surface area contributed by atoms with Gasteiger partial charge in [-0.15, -0.1) is 0 Å². The summed E-state index contributed by atoms with van der Waals surface area (Å²) in [5.74, 6) is 0. The molecule has 0 spiro atoms. The molecule has 0 N–H and O–H groups in total. The maximum atomic E-state index is 2.35. The second kappa shape index (κ2) is 12.8. The van der Waals surface area contributed by atoms with Crippen LogP contribution in [0.2, 0.25) is 0 Å². The van der Waals surface area contributed by atoms with Gasteiger partial charge < -0.3 is 0 Å². The van der Waals surface area contributed by atoms with E-state index < -0.39 is 0 Å². The lowest BCUT2D eigenvalue weighted by Gasteiger charge is -2.02. The van der Waals surface area contributed by atoms with Crippen molar-refractivity contribution >= 4 is 16.8 Å². The van der Waals surface area contributed by atoms with Gasteiger partial charge in [0.2, 0.25) is 0 Å². The van der Waals surface area contributed by atoms with Gasteiger partial charge >= 0.3 is 0 Å². The van der Waals surface area contributed by atoms with Crippen LogP contribution in [0.25, 0.3) is 16.8 Å². The number of benzene rings is 2. The highest BCUT2D eigenvalue weighted by Crippen LogP contribution is 2.17. The smallest absolute Gasteiger partial charge is 0.0178 e. The number of allylic oxidation sites excluding steroid dienone is 1. The van der Waals surface area contributed by atoms with E-state index >= 15 is 0 Å². The summed E-state index contributed by atoms with van der Waals surface area (Å²) in [4.78, 5) is 0. The summed E-state index contributed by atoms with van der Waals surface area (Å²) in [6.45, 7) is 2.29. The highest BCUT2D eigenvalue weighted by Gasteiger charge is 1.94. The molecule has 25 heavy (non-hydrogen) atoms. The third kappa shape index (κ3) is 8.38. The summed E-state index contributed by atoms with van der Waals surface area (Å²) in [5.41, 5.74) is 1.32. The lowest BCUT2D eigenvalue weighted by Crippen LogP contribution is -1.82. The van der Waals surface area contributed by atoms with Gasteiger partial charge in [0, 0.05) is 0 Å². The zero-order chi connectivity index (χ0) is 17.6. The van der Waals surface area contributed by atoms with E-state index in [1.54, 1.807) is 0 Å². The Bertz CT molecular complexity index is 608. The van der Waals surface area contributed by atoms with Crippen molar-refractivity contribution in [2.75, 3.05) is 0 Å². The van der Waals surface area contributed by atoms with Crippen molar-refractivity contribution in [2.45, 2.75) is 84.0 Å². The van der Waals surface area contributed by atoms with Crippen LogP contribution < -0.4 is 0 Å². The number of fused-ring (bicyclic) bond motifs is 1. The Balaban J connectivity index is 1.49. The van der Waals surface area contributed by atoms with Crippen molar-refractivity contribution in [3.8, 4) is 0 Å². The quantitative estimate of drug-likeness (QED) is 0.321. The van der Waals surface area contributed by atoms with Gasteiger partial charge in [-0.2, -0.15) is 0 Å². The molecule has 2 aromatic carbocycles. The third-order valence-electron chi connectivity index (χ3n) is 5.06. The first-order valence-corrected chi connectivity index (χ1v) is 10.6. The first kappa shape index (κ1) is 19.8. The highest BCUT2D eigenvalue weighted by atomic mass is 14.0. The molecule has 2 rings (SSSR count). The maximum absolute atomic E-state index is 2.35. The third-order valence-corrected chi connectivity index (χ3v) is 5.06. The Labute approximate surface area is 155 Å². The lowest BCUT2D eigenvalue weighted by atomic mass is 10.0. The fourth-order valence-corrected chi connectivity index (χ4v) is 3.46. The zero-order valence-corrected chi connectivity index (χ0v) is 16.2. The molecule has 0 aliphatic rings. The van der Waals surface area contributed by atoms with E-state index in [0.717, 1.165) is 0 Å². The largest absolute Gasteiger partial charge is 0.0839 e. The minimum atomic E-state index is 1.21. The molecule has 2 aromatic rings.